The minimum atomic E-state index is 0.0534. The zero-order chi connectivity index (χ0) is 16.9. The lowest BCUT2D eigenvalue weighted by Crippen LogP contribution is -2.15. The SMILES string of the molecule is Cc1cccc(C)c1NC(=O)CSCc1cccc2ccccc12. The molecule has 0 fully saturated rings. The normalized spacial score (nSPS) is 10.8. The number of aryl methyl sites for hydroxylation is 2. The summed E-state index contributed by atoms with van der Waals surface area (Å²) in [5.41, 5.74) is 4.41. The molecule has 122 valence electrons. The molecule has 0 spiro atoms. The van der Waals surface area contributed by atoms with E-state index in [0.29, 0.717) is 5.75 Å². The standard InChI is InChI=1S/C21H21NOS/c1-15-7-5-8-16(2)21(15)22-20(23)14-24-13-18-11-6-10-17-9-3-4-12-19(17)18/h3-12H,13-14H2,1-2H3,(H,22,23). The lowest BCUT2D eigenvalue weighted by Gasteiger charge is -2.11. The fraction of sp³-hybridized carbons (Fsp3) is 0.190. The van der Waals surface area contributed by atoms with Gasteiger partial charge in [0, 0.05) is 11.4 Å². The smallest absolute Gasteiger partial charge is 0.234 e. The van der Waals surface area contributed by atoms with Crippen LogP contribution in [0.2, 0.25) is 0 Å². The predicted molar refractivity (Wildman–Crippen MR) is 105 cm³/mol. The number of para-hydroxylation sites is 1. The summed E-state index contributed by atoms with van der Waals surface area (Å²) in [6.07, 6.45) is 0. The highest BCUT2D eigenvalue weighted by molar-refractivity contribution is 7.99. The van der Waals surface area contributed by atoms with Crippen LogP contribution in [0.25, 0.3) is 10.8 Å². The van der Waals surface area contributed by atoms with Gasteiger partial charge in [-0.3, -0.25) is 4.79 Å². The Kier molecular flexibility index (Phi) is 5.21. The van der Waals surface area contributed by atoms with E-state index in [1.807, 2.05) is 32.0 Å². The summed E-state index contributed by atoms with van der Waals surface area (Å²) < 4.78 is 0. The Morgan fingerprint density at radius 1 is 0.917 bits per heavy atom. The van der Waals surface area contributed by atoms with E-state index in [9.17, 15) is 4.79 Å². The fourth-order valence-electron chi connectivity index (χ4n) is 2.86. The van der Waals surface area contributed by atoms with Crippen LogP contribution in [0.4, 0.5) is 5.69 Å². The van der Waals surface area contributed by atoms with E-state index in [1.54, 1.807) is 11.8 Å². The maximum Gasteiger partial charge on any atom is 0.234 e. The Bertz CT molecular complexity index is 847. The minimum Gasteiger partial charge on any atom is -0.325 e. The third kappa shape index (κ3) is 3.80. The summed E-state index contributed by atoms with van der Waals surface area (Å²) in [6.45, 7) is 4.04. The summed E-state index contributed by atoms with van der Waals surface area (Å²) >= 11 is 1.65. The van der Waals surface area contributed by atoms with Crippen LogP contribution in [0.5, 0.6) is 0 Å². The zero-order valence-electron chi connectivity index (χ0n) is 14.0. The van der Waals surface area contributed by atoms with Crippen LogP contribution < -0.4 is 5.32 Å². The molecule has 0 radical (unpaired) electrons. The first-order valence-corrected chi connectivity index (χ1v) is 9.21. The van der Waals surface area contributed by atoms with Crippen molar-refractivity contribution in [1.82, 2.24) is 0 Å². The highest BCUT2D eigenvalue weighted by Gasteiger charge is 2.08. The fourth-order valence-corrected chi connectivity index (χ4v) is 3.69. The van der Waals surface area contributed by atoms with Gasteiger partial charge in [0.05, 0.1) is 5.75 Å². The molecule has 0 unspecified atom stereocenters. The van der Waals surface area contributed by atoms with Crippen molar-refractivity contribution in [2.75, 3.05) is 11.1 Å². The van der Waals surface area contributed by atoms with Crippen molar-refractivity contribution in [1.29, 1.82) is 0 Å². The number of anilines is 1. The van der Waals surface area contributed by atoms with E-state index < -0.39 is 0 Å². The first kappa shape index (κ1) is 16.6. The van der Waals surface area contributed by atoms with Crippen LogP contribution in [0.1, 0.15) is 16.7 Å². The number of rotatable bonds is 5. The monoisotopic (exact) mass is 335 g/mol. The molecule has 1 amide bonds. The van der Waals surface area contributed by atoms with Crippen LogP contribution in [-0.2, 0) is 10.5 Å². The predicted octanol–water partition coefficient (Wildman–Crippen LogP) is 5.33. The van der Waals surface area contributed by atoms with Gasteiger partial charge in [0.15, 0.2) is 0 Å². The molecule has 0 aliphatic carbocycles. The van der Waals surface area contributed by atoms with Crippen molar-refractivity contribution in [2.24, 2.45) is 0 Å². The second-order valence-corrected chi connectivity index (χ2v) is 6.93. The van der Waals surface area contributed by atoms with Gasteiger partial charge in [-0.15, -0.1) is 11.8 Å². The molecule has 3 aromatic carbocycles. The van der Waals surface area contributed by atoms with Crippen molar-refractivity contribution in [3.05, 3.63) is 77.4 Å². The Hall–Kier alpha value is -2.26. The van der Waals surface area contributed by atoms with Gasteiger partial charge in [-0.1, -0.05) is 60.7 Å². The van der Waals surface area contributed by atoms with E-state index >= 15 is 0 Å². The summed E-state index contributed by atoms with van der Waals surface area (Å²) in [6, 6.07) is 20.8. The largest absolute Gasteiger partial charge is 0.325 e. The van der Waals surface area contributed by atoms with E-state index in [1.165, 1.54) is 16.3 Å². The number of hydrogen-bond donors (Lipinski definition) is 1. The number of amides is 1. The molecule has 0 heterocycles. The average Bonchev–Trinajstić information content (AvgIpc) is 2.58. The summed E-state index contributed by atoms with van der Waals surface area (Å²) in [5, 5.41) is 5.55. The van der Waals surface area contributed by atoms with Crippen LogP contribution >= 0.6 is 11.8 Å². The maximum absolute atomic E-state index is 12.2. The van der Waals surface area contributed by atoms with E-state index in [4.69, 9.17) is 0 Å². The first-order chi connectivity index (χ1) is 11.6. The lowest BCUT2D eigenvalue weighted by molar-refractivity contribution is -0.113. The van der Waals surface area contributed by atoms with Crippen LogP contribution in [0.3, 0.4) is 0 Å². The number of fused-ring (bicyclic) bond motifs is 1. The molecule has 0 atom stereocenters. The van der Waals surface area contributed by atoms with Crippen molar-refractivity contribution >= 4 is 34.1 Å². The molecule has 2 nitrogen and oxygen atoms in total. The second-order valence-electron chi connectivity index (χ2n) is 5.95. The van der Waals surface area contributed by atoms with Crippen molar-refractivity contribution in [3.8, 4) is 0 Å². The van der Waals surface area contributed by atoms with Gasteiger partial charge in [0.1, 0.15) is 0 Å². The molecule has 0 aromatic heterocycles. The van der Waals surface area contributed by atoms with Crippen molar-refractivity contribution < 1.29 is 4.79 Å². The summed E-state index contributed by atoms with van der Waals surface area (Å²) in [7, 11) is 0. The number of hydrogen-bond acceptors (Lipinski definition) is 2. The molecule has 3 aromatic rings. The molecule has 3 rings (SSSR count). The molecule has 0 bridgehead atoms. The Labute approximate surface area is 147 Å². The highest BCUT2D eigenvalue weighted by atomic mass is 32.2. The molecule has 0 aliphatic rings. The van der Waals surface area contributed by atoms with Crippen LogP contribution in [0, 0.1) is 13.8 Å². The second kappa shape index (κ2) is 7.54. The van der Waals surface area contributed by atoms with E-state index in [0.717, 1.165) is 22.6 Å². The Balaban J connectivity index is 1.61. The minimum absolute atomic E-state index is 0.0534. The lowest BCUT2D eigenvalue weighted by atomic mass is 10.1. The number of thioether (sulfide) groups is 1. The van der Waals surface area contributed by atoms with Gasteiger partial charge >= 0.3 is 0 Å². The highest BCUT2D eigenvalue weighted by Crippen LogP contribution is 2.23. The third-order valence-electron chi connectivity index (χ3n) is 4.12. The quantitative estimate of drug-likeness (QED) is 0.683. The van der Waals surface area contributed by atoms with Gasteiger partial charge in [-0.2, -0.15) is 0 Å². The van der Waals surface area contributed by atoms with Crippen molar-refractivity contribution in [2.45, 2.75) is 19.6 Å². The number of benzene rings is 3. The summed E-state index contributed by atoms with van der Waals surface area (Å²) in [4.78, 5) is 12.2. The van der Waals surface area contributed by atoms with Gasteiger partial charge in [0.25, 0.3) is 0 Å². The molecule has 24 heavy (non-hydrogen) atoms. The van der Waals surface area contributed by atoms with E-state index in [2.05, 4.69) is 47.8 Å². The maximum atomic E-state index is 12.2. The topological polar surface area (TPSA) is 29.1 Å². The first-order valence-electron chi connectivity index (χ1n) is 8.05. The molecule has 0 saturated carbocycles. The Morgan fingerprint density at radius 3 is 2.38 bits per heavy atom. The van der Waals surface area contributed by atoms with Gasteiger partial charge in [0.2, 0.25) is 5.91 Å². The van der Waals surface area contributed by atoms with Gasteiger partial charge in [-0.05, 0) is 41.3 Å². The number of carbonyl (C=O) groups excluding carboxylic acids is 1. The molecule has 3 heteroatoms. The third-order valence-corrected chi connectivity index (χ3v) is 5.10. The summed E-state index contributed by atoms with van der Waals surface area (Å²) in [5.74, 6) is 1.34. The van der Waals surface area contributed by atoms with Gasteiger partial charge < -0.3 is 5.32 Å². The van der Waals surface area contributed by atoms with Crippen molar-refractivity contribution in [3.63, 3.8) is 0 Å². The number of nitrogens with one attached hydrogen (secondary N) is 1. The average molecular weight is 335 g/mol. The van der Waals surface area contributed by atoms with E-state index in [-0.39, 0.29) is 5.91 Å². The molecule has 1 N–H and O–H groups in total. The van der Waals surface area contributed by atoms with Gasteiger partial charge in [-0.25, -0.2) is 0 Å². The number of carbonyl (C=O) groups is 1. The van der Waals surface area contributed by atoms with Crippen LogP contribution in [0.15, 0.2) is 60.7 Å². The molecular weight excluding hydrogens is 314 g/mol. The zero-order valence-corrected chi connectivity index (χ0v) is 14.8. The molecule has 0 saturated heterocycles. The Morgan fingerprint density at radius 2 is 1.58 bits per heavy atom. The molecule has 0 aliphatic heterocycles. The van der Waals surface area contributed by atoms with Crippen LogP contribution in [-0.4, -0.2) is 11.7 Å². The molecular formula is C21H21NOS.